The normalized spacial score (nSPS) is 10.4. The second-order valence-corrected chi connectivity index (χ2v) is 6.73. The van der Waals surface area contributed by atoms with Gasteiger partial charge in [0.25, 0.3) is 0 Å². The van der Waals surface area contributed by atoms with Gasteiger partial charge in [-0.15, -0.1) is 0 Å². The number of hydrogen-bond acceptors (Lipinski definition) is 8. The fourth-order valence-corrected chi connectivity index (χ4v) is 2.89. The summed E-state index contributed by atoms with van der Waals surface area (Å²) in [5, 5.41) is 17.1. The summed E-state index contributed by atoms with van der Waals surface area (Å²) in [6.07, 6.45) is 1.08. The first-order valence-electron chi connectivity index (χ1n) is 8.65. The SMILES string of the molecule is CCOC(=O)c1ccccc1Nc1ncnc(Nc2ccc(Br)cc2F)c1[N+](=O)[O-]. The maximum Gasteiger partial charge on any atom is 0.353 e. The van der Waals surface area contributed by atoms with Crippen LogP contribution in [0.1, 0.15) is 17.3 Å². The van der Waals surface area contributed by atoms with Gasteiger partial charge >= 0.3 is 11.7 Å². The van der Waals surface area contributed by atoms with Gasteiger partial charge in [0.2, 0.25) is 11.6 Å². The second kappa shape index (κ2) is 9.27. The molecule has 0 aliphatic rings. The predicted octanol–water partition coefficient (Wildman–Crippen LogP) is 4.95. The van der Waals surface area contributed by atoms with Gasteiger partial charge in [-0.1, -0.05) is 28.1 Å². The summed E-state index contributed by atoms with van der Waals surface area (Å²) in [7, 11) is 0. The van der Waals surface area contributed by atoms with E-state index in [0.717, 1.165) is 6.33 Å². The quantitative estimate of drug-likeness (QED) is 0.279. The molecule has 0 atom stereocenters. The largest absolute Gasteiger partial charge is 0.462 e. The highest BCUT2D eigenvalue weighted by atomic mass is 79.9. The lowest BCUT2D eigenvalue weighted by atomic mass is 10.2. The Balaban J connectivity index is 2.00. The van der Waals surface area contributed by atoms with Crippen molar-refractivity contribution in [3.8, 4) is 0 Å². The van der Waals surface area contributed by atoms with Crippen molar-refractivity contribution in [3.63, 3.8) is 0 Å². The third-order valence-corrected chi connectivity index (χ3v) is 4.36. The third-order valence-electron chi connectivity index (χ3n) is 3.86. The van der Waals surface area contributed by atoms with E-state index >= 15 is 0 Å². The van der Waals surface area contributed by atoms with Crippen LogP contribution in [-0.2, 0) is 4.74 Å². The molecule has 0 fully saturated rings. The Kier molecular flexibility index (Phi) is 6.52. The molecule has 9 nitrogen and oxygen atoms in total. The van der Waals surface area contributed by atoms with Crippen molar-refractivity contribution in [2.24, 2.45) is 0 Å². The highest BCUT2D eigenvalue weighted by Gasteiger charge is 2.25. The van der Waals surface area contributed by atoms with Crippen LogP contribution in [0.25, 0.3) is 0 Å². The van der Waals surface area contributed by atoms with Crippen LogP contribution in [0.15, 0.2) is 53.3 Å². The van der Waals surface area contributed by atoms with Crippen LogP contribution in [0, 0.1) is 15.9 Å². The number of carbonyl (C=O) groups is 1. The highest BCUT2D eigenvalue weighted by molar-refractivity contribution is 9.10. The number of benzene rings is 2. The van der Waals surface area contributed by atoms with E-state index in [-0.39, 0.29) is 35.2 Å². The smallest absolute Gasteiger partial charge is 0.353 e. The van der Waals surface area contributed by atoms with E-state index in [1.807, 2.05) is 0 Å². The summed E-state index contributed by atoms with van der Waals surface area (Å²) in [5.41, 5.74) is -0.0735. The van der Waals surface area contributed by atoms with Crippen LogP contribution in [0.2, 0.25) is 0 Å². The van der Waals surface area contributed by atoms with Gasteiger partial charge in [-0.3, -0.25) is 10.1 Å². The number of esters is 1. The first kappa shape index (κ1) is 21.1. The molecule has 0 aliphatic heterocycles. The van der Waals surface area contributed by atoms with Gasteiger partial charge in [0.15, 0.2) is 0 Å². The molecule has 3 aromatic rings. The van der Waals surface area contributed by atoms with Gasteiger partial charge in [-0.25, -0.2) is 19.2 Å². The van der Waals surface area contributed by atoms with E-state index in [2.05, 4.69) is 36.5 Å². The molecular formula is C19H15BrFN5O4. The molecule has 1 heterocycles. The molecule has 3 rings (SSSR count). The lowest BCUT2D eigenvalue weighted by molar-refractivity contribution is -0.383. The standard InChI is InChI=1S/C19H15BrFN5O4/c1-2-30-19(27)12-5-3-4-6-14(12)24-17-16(26(28)29)18(23-10-22-17)25-15-8-7-11(20)9-13(15)21/h3-10H,2H2,1H3,(H2,22,23,24,25). The number of rotatable bonds is 7. The van der Waals surface area contributed by atoms with Crippen LogP contribution in [-0.4, -0.2) is 27.5 Å². The molecule has 30 heavy (non-hydrogen) atoms. The van der Waals surface area contributed by atoms with Crippen molar-refractivity contribution in [3.05, 3.63) is 74.8 Å². The monoisotopic (exact) mass is 475 g/mol. The topological polar surface area (TPSA) is 119 Å². The summed E-state index contributed by atoms with van der Waals surface area (Å²) in [6, 6.07) is 10.6. The minimum atomic E-state index is -0.700. The van der Waals surface area contributed by atoms with E-state index in [4.69, 9.17) is 4.74 Å². The molecule has 154 valence electrons. The van der Waals surface area contributed by atoms with Gasteiger partial charge < -0.3 is 15.4 Å². The number of halogens is 2. The molecule has 1 aromatic heterocycles. The van der Waals surface area contributed by atoms with E-state index < -0.39 is 22.4 Å². The molecule has 2 N–H and O–H groups in total. The number of para-hydroxylation sites is 1. The molecule has 0 aliphatic carbocycles. The second-order valence-electron chi connectivity index (χ2n) is 5.82. The molecule has 0 saturated heterocycles. The van der Waals surface area contributed by atoms with Crippen molar-refractivity contribution in [2.45, 2.75) is 6.92 Å². The molecule has 0 amide bonds. The fourth-order valence-electron chi connectivity index (χ4n) is 2.56. The van der Waals surface area contributed by atoms with Crippen molar-refractivity contribution >= 4 is 50.6 Å². The van der Waals surface area contributed by atoms with Gasteiger partial charge in [0, 0.05) is 4.47 Å². The number of ether oxygens (including phenoxy) is 1. The Bertz CT molecular complexity index is 1110. The maximum absolute atomic E-state index is 14.2. The molecule has 11 heteroatoms. The zero-order chi connectivity index (χ0) is 21.7. The lowest BCUT2D eigenvalue weighted by Crippen LogP contribution is -2.10. The third kappa shape index (κ3) is 4.69. The Hall–Kier alpha value is -3.60. The Morgan fingerprint density at radius 2 is 1.83 bits per heavy atom. The van der Waals surface area contributed by atoms with Crippen LogP contribution >= 0.6 is 15.9 Å². The molecule has 0 radical (unpaired) electrons. The molecule has 0 bridgehead atoms. The predicted molar refractivity (Wildman–Crippen MR) is 112 cm³/mol. The number of aromatic nitrogens is 2. The molecule has 0 saturated carbocycles. The van der Waals surface area contributed by atoms with Gasteiger partial charge in [-0.2, -0.15) is 0 Å². The zero-order valence-corrected chi connectivity index (χ0v) is 17.1. The lowest BCUT2D eigenvalue weighted by Gasteiger charge is -2.13. The van der Waals surface area contributed by atoms with Crippen molar-refractivity contribution in [1.29, 1.82) is 0 Å². The molecule has 0 spiro atoms. The van der Waals surface area contributed by atoms with Crippen molar-refractivity contribution in [2.75, 3.05) is 17.2 Å². The number of carbonyl (C=O) groups excluding carboxylic acids is 1. The van der Waals surface area contributed by atoms with Crippen LogP contribution in [0.4, 0.5) is 33.1 Å². The highest BCUT2D eigenvalue weighted by Crippen LogP contribution is 2.34. The Labute approximate surface area is 178 Å². The molecular weight excluding hydrogens is 461 g/mol. The number of hydrogen-bond donors (Lipinski definition) is 2. The average Bonchev–Trinajstić information content (AvgIpc) is 2.70. The fraction of sp³-hybridized carbons (Fsp3) is 0.105. The van der Waals surface area contributed by atoms with E-state index in [1.54, 1.807) is 31.2 Å². The average molecular weight is 476 g/mol. The van der Waals surface area contributed by atoms with E-state index in [0.29, 0.717) is 4.47 Å². The minimum absolute atomic E-state index is 0.00197. The zero-order valence-electron chi connectivity index (χ0n) is 15.6. The van der Waals surface area contributed by atoms with Crippen molar-refractivity contribution < 1.29 is 18.8 Å². The summed E-state index contributed by atoms with van der Waals surface area (Å²) >= 11 is 3.15. The summed E-state index contributed by atoms with van der Waals surface area (Å²) in [6.45, 7) is 1.84. The van der Waals surface area contributed by atoms with Crippen LogP contribution in [0.5, 0.6) is 0 Å². The molecule has 0 unspecified atom stereocenters. The van der Waals surface area contributed by atoms with Crippen LogP contribution < -0.4 is 10.6 Å². The van der Waals surface area contributed by atoms with Gasteiger partial charge in [-0.05, 0) is 37.3 Å². The van der Waals surface area contributed by atoms with E-state index in [1.165, 1.54) is 18.2 Å². The van der Waals surface area contributed by atoms with Crippen LogP contribution in [0.3, 0.4) is 0 Å². The minimum Gasteiger partial charge on any atom is -0.462 e. The van der Waals surface area contributed by atoms with Gasteiger partial charge in [0.05, 0.1) is 28.5 Å². The van der Waals surface area contributed by atoms with E-state index in [9.17, 15) is 19.3 Å². The summed E-state index contributed by atoms with van der Waals surface area (Å²) in [4.78, 5) is 31.0. The number of nitrogens with zero attached hydrogens (tertiary/aromatic N) is 3. The first-order valence-corrected chi connectivity index (χ1v) is 9.44. The number of nitrogens with one attached hydrogen (secondary N) is 2. The Morgan fingerprint density at radius 1 is 1.17 bits per heavy atom. The number of anilines is 4. The maximum atomic E-state index is 14.2. The first-order chi connectivity index (χ1) is 14.4. The Morgan fingerprint density at radius 3 is 2.47 bits per heavy atom. The number of nitro groups is 1. The molecule has 2 aromatic carbocycles. The summed E-state index contributed by atoms with van der Waals surface area (Å²) < 4.78 is 19.7. The van der Waals surface area contributed by atoms with Crippen molar-refractivity contribution in [1.82, 2.24) is 9.97 Å². The summed E-state index contributed by atoms with van der Waals surface area (Å²) in [5.74, 6) is -1.61. The van der Waals surface area contributed by atoms with Gasteiger partial charge in [0.1, 0.15) is 12.1 Å².